The van der Waals surface area contributed by atoms with Crippen molar-refractivity contribution in [3.8, 4) is 0 Å². The average Bonchev–Trinajstić information content (AvgIpc) is 2.29. The van der Waals surface area contributed by atoms with Gasteiger partial charge >= 0.3 is 0 Å². The second-order valence-corrected chi connectivity index (χ2v) is 4.46. The zero-order valence-electron chi connectivity index (χ0n) is 10.1. The third-order valence-electron chi connectivity index (χ3n) is 2.77. The minimum absolute atomic E-state index is 0.232. The molecule has 3 nitrogen and oxygen atoms in total. The van der Waals surface area contributed by atoms with E-state index < -0.39 is 5.60 Å². The molecule has 16 heavy (non-hydrogen) atoms. The van der Waals surface area contributed by atoms with Crippen molar-refractivity contribution in [2.24, 2.45) is 0 Å². The molecular formula is C13H21NO2. The Kier molecular flexibility index (Phi) is 4.93. The summed E-state index contributed by atoms with van der Waals surface area (Å²) in [5, 5.41) is 19.7. The first-order valence-electron chi connectivity index (χ1n) is 5.62. The first-order valence-corrected chi connectivity index (χ1v) is 5.62. The Labute approximate surface area is 97.3 Å². The number of benzene rings is 1. The van der Waals surface area contributed by atoms with E-state index in [0.717, 1.165) is 18.5 Å². The number of hydrogen-bond donors (Lipinski definition) is 2. The molecule has 0 heterocycles. The summed E-state index contributed by atoms with van der Waals surface area (Å²) in [4.78, 5) is 2.07. The summed E-state index contributed by atoms with van der Waals surface area (Å²) >= 11 is 0. The van der Waals surface area contributed by atoms with Gasteiger partial charge in [-0.1, -0.05) is 30.3 Å². The van der Waals surface area contributed by atoms with E-state index in [4.69, 9.17) is 0 Å². The second kappa shape index (κ2) is 5.99. The predicted octanol–water partition coefficient (Wildman–Crippen LogP) is 1.21. The van der Waals surface area contributed by atoms with Crippen molar-refractivity contribution in [2.75, 3.05) is 27.2 Å². The Bertz CT molecular complexity index is 300. The summed E-state index contributed by atoms with van der Waals surface area (Å²) < 4.78 is 0. The van der Waals surface area contributed by atoms with Crippen LogP contribution < -0.4 is 0 Å². The van der Waals surface area contributed by atoms with E-state index in [9.17, 15) is 10.2 Å². The molecule has 0 bridgehead atoms. The van der Waals surface area contributed by atoms with Gasteiger partial charge in [0.25, 0.3) is 0 Å². The Morgan fingerprint density at radius 3 is 2.31 bits per heavy atom. The molecule has 1 unspecified atom stereocenters. The van der Waals surface area contributed by atoms with Gasteiger partial charge < -0.3 is 15.1 Å². The number of rotatable bonds is 6. The van der Waals surface area contributed by atoms with Crippen LogP contribution in [0, 0.1) is 0 Å². The standard InChI is InChI=1S/C13H21NO2/c1-14(2)10-6-9-13(16,11-15)12-7-4-3-5-8-12/h3-5,7-8,15-16H,6,9-11H2,1-2H3. The van der Waals surface area contributed by atoms with E-state index >= 15 is 0 Å². The average molecular weight is 223 g/mol. The zero-order chi connectivity index (χ0) is 12.0. The normalized spacial score (nSPS) is 15.1. The first kappa shape index (κ1) is 13.2. The van der Waals surface area contributed by atoms with Gasteiger partial charge in [0.15, 0.2) is 0 Å². The molecule has 0 radical (unpaired) electrons. The molecular weight excluding hydrogens is 202 g/mol. The monoisotopic (exact) mass is 223 g/mol. The maximum absolute atomic E-state index is 10.3. The van der Waals surface area contributed by atoms with Gasteiger partial charge in [0.1, 0.15) is 5.60 Å². The Morgan fingerprint density at radius 1 is 1.19 bits per heavy atom. The van der Waals surface area contributed by atoms with Crippen LogP contribution in [0.5, 0.6) is 0 Å². The highest BCUT2D eigenvalue weighted by Crippen LogP contribution is 2.25. The Morgan fingerprint density at radius 2 is 1.81 bits per heavy atom. The van der Waals surface area contributed by atoms with Crippen LogP contribution in [-0.2, 0) is 5.60 Å². The predicted molar refractivity (Wildman–Crippen MR) is 65.2 cm³/mol. The lowest BCUT2D eigenvalue weighted by Gasteiger charge is -2.27. The lowest BCUT2D eigenvalue weighted by molar-refractivity contribution is -0.0286. The van der Waals surface area contributed by atoms with Gasteiger partial charge in [-0.3, -0.25) is 0 Å². The highest BCUT2D eigenvalue weighted by molar-refractivity contribution is 5.22. The van der Waals surface area contributed by atoms with Crippen molar-refractivity contribution in [1.29, 1.82) is 0 Å². The molecule has 90 valence electrons. The fraction of sp³-hybridized carbons (Fsp3) is 0.538. The molecule has 0 aromatic heterocycles. The first-order chi connectivity index (χ1) is 7.58. The highest BCUT2D eigenvalue weighted by Gasteiger charge is 2.27. The zero-order valence-corrected chi connectivity index (χ0v) is 10.1. The number of hydrogen-bond acceptors (Lipinski definition) is 3. The largest absolute Gasteiger partial charge is 0.393 e. The van der Waals surface area contributed by atoms with Crippen LogP contribution >= 0.6 is 0 Å². The Balaban J connectivity index is 2.63. The SMILES string of the molecule is CN(C)CCCC(O)(CO)c1ccccc1. The van der Waals surface area contributed by atoms with Crippen LogP contribution in [0.2, 0.25) is 0 Å². The topological polar surface area (TPSA) is 43.7 Å². The molecule has 1 rings (SSSR count). The van der Waals surface area contributed by atoms with Crippen molar-refractivity contribution in [1.82, 2.24) is 4.90 Å². The van der Waals surface area contributed by atoms with Crippen molar-refractivity contribution in [3.05, 3.63) is 35.9 Å². The van der Waals surface area contributed by atoms with Gasteiger partial charge in [0.05, 0.1) is 6.61 Å². The van der Waals surface area contributed by atoms with Crippen molar-refractivity contribution < 1.29 is 10.2 Å². The minimum atomic E-state index is -1.10. The van der Waals surface area contributed by atoms with Gasteiger partial charge in [-0.25, -0.2) is 0 Å². The fourth-order valence-corrected chi connectivity index (χ4v) is 1.75. The molecule has 1 atom stereocenters. The number of nitrogens with zero attached hydrogens (tertiary/aromatic N) is 1. The van der Waals surface area contributed by atoms with Gasteiger partial charge in [0, 0.05) is 0 Å². The van der Waals surface area contributed by atoms with E-state index in [0.29, 0.717) is 6.42 Å². The maximum atomic E-state index is 10.3. The number of aliphatic hydroxyl groups is 2. The Hall–Kier alpha value is -0.900. The minimum Gasteiger partial charge on any atom is -0.393 e. The van der Waals surface area contributed by atoms with Gasteiger partial charge in [-0.05, 0) is 39.0 Å². The van der Waals surface area contributed by atoms with Crippen LogP contribution in [0.3, 0.4) is 0 Å². The fourth-order valence-electron chi connectivity index (χ4n) is 1.75. The molecule has 0 saturated carbocycles. The summed E-state index contributed by atoms with van der Waals surface area (Å²) in [6, 6.07) is 9.36. The van der Waals surface area contributed by atoms with Crippen LogP contribution in [0.4, 0.5) is 0 Å². The third-order valence-corrected chi connectivity index (χ3v) is 2.77. The molecule has 0 aliphatic rings. The van der Waals surface area contributed by atoms with Gasteiger partial charge in [-0.2, -0.15) is 0 Å². The summed E-state index contributed by atoms with van der Waals surface area (Å²) in [6.45, 7) is 0.680. The molecule has 0 aliphatic carbocycles. The third kappa shape index (κ3) is 3.59. The van der Waals surface area contributed by atoms with E-state index in [1.165, 1.54) is 0 Å². The molecule has 0 saturated heterocycles. The second-order valence-electron chi connectivity index (χ2n) is 4.46. The molecule has 1 aromatic carbocycles. The van der Waals surface area contributed by atoms with Crippen molar-refractivity contribution in [2.45, 2.75) is 18.4 Å². The number of aliphatic hydroxyl groups excluding tert-OH is 1. The van der Waals surface area contributed by atoms with Crippen molar-refractivity contribution in [3.63, 3.8) is 0 Å². The molecule has 0 amide bonds. The van der Waals surface area contributed by atoms with Crippen molar-refractivity contribution >= 4 is 0 Å². The molecule has 2 N–H and O–H groups in total. The quantitative estimate of drug-likeness (QED) is 0.762. The van der Waals surface area contributed by atoms with Gasteiger partial charge in [0.2, 0.25) is 0 Å². The molecule has 1 aromatic rings. The van der Waals surface area contributed by atoms with Crippen LogP contribution in [-0.4, -0.2) is 42.4 Å². The molecule has 0 aliphatic heterocycles. The highest BCUT2D eigenvalue weighted by atomic mass is 16.3. The van der Waals surface area contributed by atoms with E-state index in [1.54, 1.807) is 0 Å². The maximum Gasteiger partial charge on any atom is 0.113 e. The molecule has 0 spiro atoms. The van der Waals surface area contributed by atoms with Gasteiger partial charge in [-0.15, -0.1) is 0 Å². The lowest BCUT2D eigenvalue weighted by atomic mass is 9.90. The summed E-state index contributed by atoms with van der Waals surface area (Å²) in [5.74, 6) is 0. The summed E-state index contributed by atoms with van der Waals surface area (Å²) in [7, 11) is 4.00. The lowest BCUT2D eigenvalue weighted by Crippen LogP contribution is -2.31. The van der Waals surface area contributed by atoms with E-state index in [-0.39, 0.29) is 6.61 Å². The molecule has 3 heteroatoms. The van der Waals surface area contributed by atoms with Crippen LogP contribution in [0.1, 0.15) is 18.4 Å². The van der Waals surface area contributed by atoms with E-state index in [1.807, 2.05) is 44.4 Å². The molecule has 0 fully saturated rings. The van der Waals surface area contributed by atoms with Crippen LogP contribution in [0.15, 0.2) is 30.3 Å². The smallest absolute Gasteiger partial charge is 0.113 e. The summed E-state index contributed by atoms with van der Waals surface area (Å²) in [6.07, 6.45) is 1.44. The summed E-state index contributed by atoms with van der Waals surface area (Å²) in [5.41, 5.74) is -0.312. The van der Waals surface area contributed by atoms with Crippen LogP contribution in [0.25, 0.3) is 0 Å². The van der Waals surface area contributed by atoms with E-state index in [2.05, 4.69) is 4.90 Å².